The fourth-order valence-electron chi connectivity index (χ4n) is 11.1. The van der Waals surface area contributed by atoms with Crippen molar-refractivity contribution in [3.63, 3.8) is 0 Å². The van der Waals surface area contributed by atoms with E-state index in [0.29, 0.717) is 0 Å². The summed E-state index contributed by atoms with van der Waals surface area (Å²) in [7, 11) is 0. The molecule has 0 amide bonds. The second kappa shape index (κ2) is 16.7. The van der Waals surface area contributed by atoms with Gasteiger partial charge in [-0.3, -0.25) is 0 Å². The van der Waals surface area contributed by atoms with Crippen molar-refractivity contribution >= 4 is 43.6 Å². The number of rotatable bonds is 9. The van der Waals surface area contributed by atoms with Gasteiger partial charge < -0.3 is 9.13 Å². The van der Waals surface area contributed by atoms with Crippen molar-refractivity contribution in [2.45, 2.75) is 5.41 Å². The maximum absolute atomic E-state index is 2.48. The fraction of sp³-hybridized carbons (Fsp3) is 0.0149. The molecule has 0 saturated carbocycles. The maximum Gasteiger partial charge on any atom is 0.0701 e. The van der Waals surface area contributed by atoms with Gasteiger partial charge in [-0.05, 0) is 122 Å². The molecular formula is C67H46N2. The predicted octanol–water partition coefficient (Wildman–Crippen LogP) is 17.3. The van der Waals surface area contributed by atoms with Gasteiger partial charge in [0.25, 0.3) is 0 Å². The lowest BCUT2D eigenvalue weighted by atomic mass is 9.65. The van der Waals surface area contributed by atoms with E-state index in [9.17, 15) is 0 Å². The van der Waals surface area contributed by atoms with Crippen molar-refractivity contribution in [2.75, 3.05) is 0 Å². The van der Waals surface area contributed by atoms with Gasteiger partial charge in [-0.2, -0.15) is 0 Å². The van der Waals surface area contributed by atoms with Gasteiger partial charge in [0.2, 0.25) is 0 Å². The van der Waals surface area contributed by atoms with Crippen molar-refractivity contribution in [1.29, 1.82) is 0 Å². The van der Waals surface area contributed by atoms with Gasteiger partial charge in [0, 0.05) is 32.9 Å². The van der Waals surface area contributed by atoms with Crippen molar-refractivity contribution in [1.82, 2.24) is 9.13 Å². The average Bonchev–Trinajstić information content (AvgIpc) is 3.94. The summed E-state index contributed by atoms with van der Waals surface area (Å²) in [5, 5.41) is 4.89. The minimum atomic E-state index is -0.581. The first-order valence-electron chi connectivity index (χ1n) is 23.8. The molecule has 0 spiro atoms. The van der Waals surface area contributed by atoms with E-state index in [2.05, 4.69) is 288 Å². The highest BCUT2D eigenvalue weighted by molar-refractivity contribution is 6.13. The number of aromatic nitrogens is 2. The lowest BCUT2D eigenvalue weighted by molar-refractivity contribution is 0.746. The Morgan fingerprint density at radius 2 is 0.522 bits per heavy atom. The Morgan fingerprint density at radius 1 is 0.203 bits per heavy atom. The first-order chi connectivity index (χ1) is 34.2. The van der Waals surface area contributed by atoms with E-state index >= 15 is 0 Å². The van der Waals surface area contributed by atoms with Crippen molar-refractivity contribution < 1.29 is 0 Å². The molecule has 2 heteroatoms. The molecule has 0 aliphatic heterocycles. The van der Waals surface area contributed by atoms with Crippen LogP contribution in [0.3, 0.4) is 0 Å². The Bertz CT molecular complexity index is 3850. The minimum absolute atomic E-state index is 0.581. The van der Waals surface area contributed by atoms with E-state index in [0.717, 1.165) is 11.4 Å². The van der Waals surface area contributed by atoms with Gasteiger partial charge in [-0.25, -0.2) is 0 Å². The standard InChI is InChI=1S/C67H46N2/c1-6-18-47(19-7-1)49-30-37-57(38-31-49)68-63-29-17-16-28-59(63)60-44-51(34-41-64(60)68)52-35-42-65-61(45-52)62-46-56(36-43-66(62)69(65)58-39-32-50(33-40-58)48-20-8-2-9-21-48)67(53-22-10-3-11-23-53,54-24-12-4-13-25-54)55-26-14-5-15-27-55/h1-46H. The number of benzene rings is 11. The van der Waals surface area contributed by atoms with Crippen molar-refractivity contribution in [2.24, 2.45) is 0 Å². The molecule has 0 N–H and O–H groups in total. The Balaban J connectivity index is 1.02. The topological polar surface area (TPSA) is 9.86 Å². The smallest absolute Gasteiger partial charge is 0.0701 e. The Morgan fingerprint density at radius 3 is 0.971 bits per heavy atom. The second-order valence-corrected chi connectivity index (χ2v) is 18.1. The number of nitrogens with zero attached hydrogens (tertiary/aromatic N) is 2. The van der Waals surface area contributed by atoms with E-state index < -0.39 is 5.41 Å². The van der Waals surface area contributed by atoms with E-state index in [-0.39, 0.29) is 0 Å². The molecule has 69 heavy (non-hydrogen) atoms. The van der Waals surface area contributed by atoms with E-state index in [1.807, 2.05) is 0 Å². The zero-order chi connectivity index (χ0) is 45.7. The average molecular weight is 879 g/mol. The Labute approximate surface area is 402 Å². The summed E-state index contributed by atoms with van der Waals surface area (Å²) in [6.07, 6.45) is 0. The van der Waals surface area contributed by atoms with Crippen LogP contribution in [0.25, 0.3) is 88.4 Å². The highest BCUT2D eigenvalue weighted by atomic mass is 15.0. The number of hydrogen-bond donors (Lipinski definition) is 0. The van der Waals surface area contributed by atoms with E-state index in [1.165, 1.54) is 99.2 Å². The summed E-state index contributed by atoms with van der Waals surface area (Å²) in [6.45, 7) is 0. The SMILES string of the molecule is c1ccc(-c2ccc(-n3c4ccccc4c4cc(-c5ccc6c(c5)c5cc(C(c7ccccc7)(c7ccccc7)c7ccccc7)ccc5n6-c5ccc(-c6ccccc6)cc5)ccc43)cc2)cc1. The number of fused-ring (bicyclic) bond motifs is 6. The first-order valence-corrected chi connectivity index (χ1v) is 23.8. The minimum Gasteiger partial charge on any atom is -0.309 e. The van der Waals surface area contributed by atoms with Gasteiger partial charge in [0.15, 0.2) is 0 Å². The first kappa shape index (κ1) is 40.3. The van der Waals surface area contributed by atoms with E-state index in [4.69, 9.17) is 0 Å². The van der Waals surface area contributed by atoms with Gasteiger partial charge in [0.05, 0.1) is 27.5 Å². The second-order valence-electron chi connectivity index (χ2n) is 18.1. The third-order valence-corrected chi connectivity index (χ3v) is 14.3. The molecule has 13 aromatic rings. The van der Waals surface area contributed by atoms with Crippen LogP contribution in [-0.2, 0) is 5.41 Å². The van der Waals surface area contributed by atoms with Crippen LogP contribution in [0, 0.1) is 0 Å². The molecule has 0 bridgehead atoms. The largest absolute Gasteiger partial charge is 0.309 e. The van der Waals surface area contributed by atoms with Crippen LogP contribution in [0.2, 0.25) is 0 Å². The Kier molecular flexibility index (Phi) is 9.77. The number of hydrogen-bond acceptors (Lipinski definition) is 0. The molecular weight excluding hydrogens is 833 g/mol. The molecule has 0 radical (unpaired) electrons. The molecule has 0 atom stereocenters. The number of para-hydroxylation sites is 1. The van der Waals surface area contributed by atoms with Crippen LogP contribution in [-0.4, -0.2) is 9.13 Å². The highest BCUT2D eigenvalue weighted by Gasteiger charge is 2.38. The molecule has 13 rings (SSSR count). The lowest BCUT2D eigenvalue weighted by Gasteiger charge is -2.37. The summed E-state index contributed by atoms with van der Waals surface area (Å²) in [6, 6.07) is 102. The highest BCUT2D eigenvalue weighted by Crippen LogP contribution is 2.47. The van der Waals surface area contributed by atoms with Crippen LogP contribution in [0.4, 0.5) is 0 Å². The molecule has 0 saturated heterocycles. The van der Waals surface area contributed by atoms with Gasteiger partial charge in [-0.15, -0.1) is 0 Å². The molecule has 324 valence electrons. The third kappa shape index (κ3) is 6.72. The fourth-order valence-corrected chi connectivity index (χ4v) is 11.1. The van der Waals surface area contributed by atoms with E-state index in [1.54, 1.807) is 0 Å². The summed E-state index contributed by atoms with van der Waals surface area (Å²) in [5.74, 6) is 0. The summed E-state index contributed by atoms with van der Waals surface area (Å²) < 4.78 is 4.85. The molecule has 0 unspecified atom stereocenters. The molecule has 11 aromatic carbocycles. The normalized spacial score (nSPS) is 11.8. The van der Waals surface area contributed by atoms with Gasteiger partial charge in [-0.1, -0.05) is 212 Å². The summed E-state index contributed by atoms with van der Waals surface area (Å²) in [5.41, 5.74) is 18.5. The molecule has 0 aliphatic carbocycles. The van der Waals surface area contributed by atoms with Gasteiger partial charge in [0.1, 0.15) is 0 Å². The third-order valence-electron chi connectivity index (χ3n) is 14.3. The van der Waals surface area contributed by atoms with Crippen LogP contribution < -0.4 is 0 Å². The molecule has 2 nitrogen and oxygen atoms in total. The molecule has 2 aromatic heterocycles. The predicted molar refractivity (Wildman–Crippen MR) is 290 cm³/mol. The van der Waals surface area contributed by atoms with Crippen LogP contribution in [0.15, 0.2) is 279 Å². The van der Waals surface area contributed by atoms with Crippen molar-refractivity contribution in [3.05, 3.63) is 301 Å². The van der Waals surface area contributed by atoms with Gasteiger partial charge >= 0.3 is 0 Å². The Hall–Kier alpha value is -8.98. The van der Waals surface area contributed by atoms with Crippen LogP contribution in [0.5, 0.6) is 0 Å². The monoisotopic (exact) mass is 878 g/mol. The maximum atomic E-state index is 2.48. The zero-order valence-corrected chi connectivity index (χ0v) is 38.0. The molecule has 0 fully saturated rings. The summed E-state index contributed by atoms with van der Waals surface area (Å²) in [4.78, 5) is 0. The van der Waals surface area contributed by atoms with Crippen molar-refractivity contribution in [3.8, 4) is 44.8 Å². The summed E-state index contributed by atoms with van der Waals surface area (Å²) >= 11 is 0. The van der Waals surface area contributed by atoms with Crippen LogP contribution in [0.1, 0.15) is 22.3 Å². The molecule has 0 aliphatic rings. The molecule has 2 heterocycles. The quantitative estimate of drug-likeness (QED) is 0.128. The zero-order valence-electron chi connectivity index (χ0n) is 38.0. The lowest BCUT2D eigenvalue weighted by Crippen LogP contribution is -2.30. The van der Waals surface area contributed by atoms with Crippen LogP contribution >= 0.6 is 0 Å².